The van der Waals surface area contributed by atoms with Crippen molar-refractivity contribution in [3.8, 4) is 5.75 Å². The number of amides is 1. The van der Waals surface area contributed by atoms with Crippen LogP contribution in [0, 0.1) is 0 Å². The molecule has 8 heteroatoms. The highest BCUT2D eigenvalue weighted by Crippen LogP contribution is 2.24. The fourth-order valence-electron chi connectivity index (χ4n) is 1.52. The van der Waals surface area contributed by atoms with Crippen LogP contribution in [-0.4, -0.2) is 41.1 Å². The van der Waals surface area contributed by atoms with Gasteiger partial charge in [-0.15, -0.1) is 0 Å². The standard InChI is InChI=1S/C12H11NO7/c1-2-13-10(15)8-3-6(11(16)17)7(12(18)19)4-9(8)20-5-14/h3-5H,2H2,1H3,(H,13,15)(H,16,17)(H,18,19). The summed E-state index contributed by atoms with van der Waals surface area (Å²) in [5, 5.41) is 20.3. The molecule has 1 aromatic rings. The van der Waals surface area contributed by atoms with E-state index in [4.69, 9.17) is 10.2 Å². The van der Waals surface area contributed by atoms with E-state index in [1.165, 1.54) is 0 Å². The Labute approximate surface area is 113 Å². The Balaban J connectivity index is 3.52. The lowest BCUT2D eigenvalue weighted by Gasteiger charge is -2.10. The van der Waals surface area contributed by atoms with Crippen LogP contribution in [0.25, 0.3) is 0 Å². The number of carboxylic acids is 2. The molecule has 0 bridgehead atoms. The molecule has 0 saturated heterocycles. The average Bonchev–Trinajstić information content (AvgIpc) is 2.38. The maximum atomic E-state index is 11.7. The fraction of sp³-hybridized carbons (Fsp3) is 0.167. The predicted molar refractivity (Wildman–Crippen MR) is 65.1 cm³/mol. The van der Waals surface area contributed by atoms with Gasteiger partial charge < -0.3 is 20.3 Å². The van der Waals surface area contributed by atoms with E-state index in [2.05, 4.69) is 10.1 Å². The largest absolute Gasteiger partial charge is 0.478 e. The minimum Gasteiger partial charge on any atom is -0.478 e. The molecule has 0 atom stereocenters. The van der Waals surface area contributed by atoms with Gasteiger partial charge in [-0.05, 0) is 19.1 Å². The molecular formula is C12H11NO7. The van der Waals surface area contributed by atoms with Gasteiger partial charge in [0, 0.05) is 6.54 Å². The zero-order chi connectivity index (χ0) is 15.3. The van der Waals surface area contributed by atoms with E-state index in [0.29, 0.717) is 0 Å². The second kappa shape index (κ2) is 6.32. The van der Waals surface area contributed by atoms with Crippen LogP contribution in [0.15, 0.2) is 12.1 Å². The van der Waals surface area contributed by atoms with Crippen LogP contribution in [-0.2, 0) is 4.79 Å². The van der Waals surface area contributed by atoms with Crippen molar-refractivity contribution in [2.24, 2.45) is 0 Å². The Hall–Kier alpha value is -2.90. The Bertz CT molecular complexity index is 579. The predicted octanol–water partition coefficient (Wildman–Crippen LogP) is 0.368. The highest BCUT2D eigenvalue weighted by molar-refractivity contribution is 6.06. The summed E-state index contributed by atoms with van der Waals surface area (Å²) in [5.41, 5.74) is -1.39. The normalized spacial score (nSPS) is 9.65. The third-order valence-electron chi connectivity index (χ3n) is 2.34. The number of carbonyl (C=O) groups is 4. The maximum Gasteiger partial charge on any atom is 0.336 e. The summed E-state index contributed by atoms with van der Waals surface area (Å²) in [4.78, 5) is 44.1. The molecule has 1 rings (SSSR count). The van der Waals surface area contributed by atoms with Crippen LogP contribution in [0.4, 0.5) is 0 Å². The Kier molecular flexibility index (Phi) is 4.79. The number of hydrogen-bond donors (Lipinski definition) is 3. The van der Waals surface area contributed by atoms with Gasteiger partial charge in [-0.2, -0.15) is 0 Å². The first-order valence-electron chi connectivity index (χ1n) is 5.45. The highest BCUT2D eigenvalue weighted by Gasteiger charge is 2.23. The van der Waals surface area contributed by atoms with Crippen LogP contribution in [0.2, 0.25) is 0 Å². The van der Waals surface area contributed by atoms with E-state index in [1.807, 2.05) is 0 Å². The van der Waals surface area contributed by atoms with Crippen molar-refractivity contribution in [3.63, 3.8) is 0 Å². The van der Waals surface area contributed by atoms with Gasteiger partial charge in [-0.1, -0.05) is 0 Å². The molecule has 0 aliphatic carbocycles. The molecule has 0 aliphatic rings. The number of carboxylic acid groups (broad SMARTS) is 2. The molecule has 3 N–H and O–H groups in total. The van der Waals surface area contributed by atoms with Gasteiger partial charge in [0.15, 0.2) is 0 Å². The summed E-state index contributed by atoms with van der Waals surface area (Å²) in [5.74, 6) is -4.02. The van der Waals surface area contributed by atoms with E-state index in [-0.39, 0.29) is 24.3 Å². The summed E-state index contributed by atoms with van der Waals surface area (Å²) in [7, 11) is 0. The number of aromatic carboxylic acids is 2. The molecular weight excluding hydrogens is 270 g/mol. The van der Waals surface area contributed by atoms with Crippen LogP contribution >= 0.6 is 0 Å². The zero-order valence-corrected chi connectivity index (χ0v) is 10.4. The molecule has 0 radical (unpaired) electrons. The van der Waals surface area contributed by atoms with Gasteiger partial charge in [-0.3, -0.25) is 9.59 Å². The monoisotopic (exact) mass is 281 g/mol. The van der Waals surface area contributed by atoms with Crippen LogP contribution < -0.4 is 10.1 Å². The first-order valence-corrected chi connectivity index (χ1v) is 5.45. The molecule has 0 fully saturated rings. The van der Waals surface area contributed by atoms with E-state index >= 15 is 0 Å². The van der Waals surface area contributed by atoms with E-state index in [9.17, 15) is 19.2 Å². The van der Waals surface area contributed by atoms with Crippen LogP contribution in [0.3, 0.4) is 0 Å². The molecule has 0 aliphatic heterocycles. The number of benzene rings is 1. The summed E-state index contributed by atoms with van der Waals surface area (Å²) in [6.45, 7) is 1.93. The van der Waals surface area contributed by atoms with Gasteiger partial charge in [0.05, 0.1) is 16.7 Å². The lowest BCUT2D eigenvalue weighted by Crippen LogP contribution is -2.24. The minimum atomic E-state index is -1.51. The van der Waals surface area contributed by atoms with Crippen molar-refractivity contribution in [1.29, 1.82) is 0 Å². The fourth-order valence-corrected chi connectivity index (χ4v) is 1.52. The number of carbonyl (C=O) groups excluding carboxylic acids is 2. The molecule has 20 heavy (non-hydrogen) atoms. The molecule has 0 aromatic heterocycles. The molecule has 1 amide bonds. The Morgan fingerprint density at radius 3 is 2.15 bits per heavy atom. The number of rotatable bonds is 6. The molecule has 1 aromatic carbocycles. The van der Waals surface area contributed by atoms with Crippen LogP contribution in [0.1, 0.15) is 38.0 Å². The molecule has 0 heterocycles. The molecule has 106 valence electrons. The zero-order valence-electron chi connectivity index (χ0n) is 10.4. The second-order valence-corrected chi connectivity index (χ2v) is 3.58. The van der Waals surface area contributed by atoms with Crippen molar-refractivity contribution in [2.75, 3.05) is 6.54 Å². The smallest absolute Gasteiger partial charge is 0.336 e. The summed E-state index contributed by atoms with van der Waals surface area (Å²) >= 11 is 0. The first kappa shape index (κ1) is 15.2. The van der Waals surface area contributed by atoms with Crippen molar-refractivity contribution in [2.45, 2.75) is 6.92 Å². The van der Waals surface area contributed by atoms with Gasteiger partial charge >= 0.3 is 11.9 Å². The van der Waals surface area contributed by atoms with Gasteiger partial charge in [0.2, 0.25) is 0 Å². The Morgan fingerprint density at radius 1 is 1.15 bits per heavy atom. The third-order valence-corrected chi connectivity index (χ3v) is 2.34. The lowest BCUT2D eigenvalue weighted by molar-refractivity contribution is -0.120. The molecule has 0 saturated carbocycles. The lowest BCUT2D eigenvalue weighted by atomic mass is 10.0. The van der Waals surface area contributed by atoms with Crippen molar-refractivity contribution in [3.05, 3.63) is 28.8 Å². The molecule has 0 unspecified atom stereocenters. The summed E-state index contributed by atoms with van der Waals surface area (Å²) in [6, 6.07) is 1.68. The SMILES string of the molecule is CCNC(=O)c1cc(C(=O)O)c(C(=O)O)cc1OC=O. The maximum absolute atomic E-state index is 11.7. The van der Waals surface area contributed by atoms with Crippen molar-refractivity contribution in [1.82, 2.24) is 5.32 Å². The Morgan fingerprint density at radius 2 is 1.70 bits per heavy atom. The highest BCUT2D eigenvalue weighted by atomic mass is 16.5. The van der Waals surface area contributed by atoms with E-state index in [1.54, 1.807) is 6.92 Å². The summed E-state index contributed by atoms with van der Waals surface area (Å²) < 4.78 is 4.53. The molecule has 8 nitrogen and oxygen atoms in total. The number of nitrogens with one attached hydrogen (secondary N) is 1. The van der Waals surface area contributed by atoms with E-state index in [0.717, 1.165) is 12.1 Å². The number of ether oxygens (including phenoxy) is 1. The topological polar surface area (TPSA) is 130 Å². The third kappa shape index (κ3) is 3.10. The van der Waals surface area contributed by atoms with Gasteiger partial charge in [0.25, 0.3) is 12.4 Å². The first-order chi connectivity index (χ1) is 9.42. The van der Waals surface area contributed by atoms with Gasteiger partial charge in [0.1, 0.15) is 5.75 Å². The quantitative estimate of drug-likeness (QED) is 0.642. The molecule has 0 spiro atoms. The van der Waals surface area contributed by atoms with Gasteiger partial charge in [-0.25, -0.2) is 9.59 Å². The average molecular weight is 281 g/mol. The minimum absolute atomic E-state index is 0.0180. The second-order valence-electron chi connectivity index (χ2n) is 3.58. The van der Waals surface area contributed by atoms with Crippen molar-refractivity contribution < 1.29 is 34.1 Å². The van der Waals surface area contributed by atoms with E-state index < -0.39 is 29.0 Å². The number of hydrogen-bond acceptors (Lipinski definition) is 5. The van der Waals surface area contributed by atoms with Crippen molar-refractivity contribution >= 4 is 24.3 Å². The van der Waals surface area contributed by atoms with Crippen LogP contribution in [0.5, 0.6) is 5.75 Å². The summed E-state index contributed by atoms with van der Waals surface area (Å²) in [6.07, 6.45) is 0.